The quantitative estimate of drug-likeness (QED) is 0.898. The largest absolute Gasteiger partial charge is 0.397 e. The molecule has 0 aromatic carbocycles. The normalized spacial score (nSPS) is 17.7. The van der Waals surface area contributed by atoms with Crippen LogP contribution in [0.15, 0.2) is 51.5 Å². The van der Waals surface area contributed by atoms with Crippen LogP contribution in [0.3, 0.4) is 0 Å². The average molecular weight is 307 g/mol. The van der Waals surface area contributed by atoms with Gasteiger partial charge < -0.3 is 5.73 Å². The Balaban J connectivity index is 1.73. The van der Waals surface area contributed by atoms with E-state index in [2.05, 4.69) is 33.2 Å². The number of aromatic nitrogens is 1. The van der Waals surface area contributed by atoms with Gasteiger partial charge in [-0.25, -0.2) is 0 Å². The number of nitrogens with zero attached hydrogens (tertiary/aromatic N) is 4. The highest BCUT2D eigenvalue weighted by Crippen LogP contribution is 2.26. The third-order valence-electron chi connectivity index (χ3n) is 3.88. The first kappa shape index (κ1) is 15.3. The molecule has 0 spiro atoms. The van der Waals surface area contributed by atoms with E-state index in [1.165, 1.54) is 5.57 Å². The van der Waals surface area contributed by atoms with Crippen molar-refractivity contribution in [3.05, 3.63) is 41.9 Å². The fraction of sp³-hybridized carbons (Fsp3) is 0.333. The second kappa shape index (κ2) is 6.69. The molecule has 1 aromatic rings. The molecule has 118 valence electrons. The van der Waals surface area contributed by atoms with Gasteiger partial charge in [0.05, 0.1) is 11.4 Å². The summed E-state index contributed by atoms with van der Waals surface area (Å²) >= 11 is 0. The molecule has 0 saturated heterocycles. The zero-order valence-electron chi connectivity index (χ0n) is 13.6. The van der Waals surface area contributed by atoms with Crippen molar-refractivity contribution in [1.82, 2.24) is 4.98 Å². The molecule has 0 saturated carbocycles. The standard InChI is InChI=1S/C18H21N5/c1-3-4-13(18-5-12(2)22-23-18)7-17-8-15(10-21-17)14-6-16(19)11-20-9-14/h6-7,9-11H,3-5,8,19H2,1-2H3/b13-7+. The van der Waals surface area contributed by atoms with E-state index in [1.54, 1.807) is 6.20 Å². The van der Waals surface area contributed by atoms with E-state index >= 15 is 0 Å². The first-order chi connectivity index (χ1) is 11.2. The van der Waals surface area contributed by atoms with Gasteiger partial charge in [0.25, 0.3) is 0 Å². The predicted octanol–water partition coefficient (Wildman–Crippen LogP) is 3.80. The molecule has 1 aromatic heterocycles. The lowest BCUT2D eigenvalue weighted by molar-refractivity contribution is 0.933. The number of rotatable bonds is 5. The lowest BCUT2D eigenvalue weighted by Gasteiger charge is -2.07. The second-order valence-corrected chi connectivity index (χ2v) is 5.94. The minimum absolute atomic E-state index is 0.673. The van der Waals surface area contributed by atoms with Gasteiger partial charge >= 0.3 is 0 Å². The summed E-state index contributed by atoms with van der Waals surface area (Å²) in [6, 6.07) is 1.94. The van der Waals surface area contributed by atoms with E-state index in [-0.39, 0.29) is 0 Å². The molecule has 5 nitrogen and oxygen atoms in total. The maximum absolute atomic E-state index is 5.81. The Bertz CT molecular complexity index is 765. The molecule has 0 aliphatic carbocycles. The summed E-state index contributed by atoms with van der Waals surface area (Å²) < 4.78 is 0. The van der Waals surface area contributed by atoms with Crippen molar-refractivity contribution in [2.24, 2.45) is 15.2 Å². The number of nitrogen functional groups attached to an aromatic ring is 1. The highest BCUT2D eigenvalue weighted by molar-refractivity contribution is 6.17. The molecular formula is C18H21N5. The van der Waals surface area contributed by atoms with Gasteiger partial charge in [0.2, 0.25) is 0 Å². The highest BCUT2D eigenvalue weighted by atomic mass is 15.2. The number of hydrogen-bond donors (Lipinski definition) is 1. The molecular weight excluding hydrogens is 286 g/mol. The van der Waals surface area contributed by atoms with Gasteiger partial charge in [-0.1, -0.05) is 13.3 Å². The van der Waals surface area contributed by atoms with Crippen LogP contribution in [0.1, 0.15) is 45.1 Å². The van der Waals surface area contributed by atoms with Crippen molar-refractivity contribution in [3.63, 3.8) is 0 Å². The Kier molecular flexibility index (Phi) is 4.46. The Morgan fingerprint density at radius 3 is 2.83 bits per heavy atom. The molecule has 3 rings (SSSR count). The van der Waals surface area contributed by atoms with Crippen molar-refractivity contribution in [2.75, 3.05) is 5.73 Å². The maximum Gasteiger partial charge on any atom is 0.0719 e. The average Bonchev–Trinajstić information content (AvgIpc) is 3.16. The van der Waals surface area contributed by atoms with E-state index < -0.39 is 0 Å². The van der Waals surface area contributed by atoms with E-state index in [1.807, 2.05) is 25.4 Å². The fourth-order valence-electron chi connectivity index (χ4n) is 2.75. The molecule has 0 atom stereocenters. The van der Waals surface area contributed by atoms with Crippen LogP contribution in [0.2, 0.25) is 0 Å². The molecule has 2 N–H and O–H groups in total. The van der Waals surface area contributed by atoms with E-state index in [4.69, 9.17) is 5.73 Å². The number of aliphatic imine (C=N–C) groups is 1. The van der Waals surface area contributed by atoms with Crippen LogP contribution >= 0.6 is 0 Å². The summed E-state index contributed by atoms with van der Waals surface area (Å²) in [5, 5.41) is 8.46. The summed E-state index contributed by atoms with van der Waals surface area (Å²) in [5.74, 6) is 0. The SMILES string of the molecule is CCC/C(=C\C1=NC=C(c2cncc(N)c2)C1)C1=NN=C(C)C1. The van der Waals surface area contributed by atoms with Crippen LogP contribution in [-0.2, 0) is 0 Å². The van der Waals surface area contributed by atoms with Crippen LogP contribution < -0.4 is 5.73 Å². The third-order valence-corrected chi connectivity index (χ3v) is 3.88. The third kappa shape index (κ3) is 3.62. The lowest BCUT2D eigenvalue weighted by Crippen LogP contribution is -2.06. The van der Waals surface area contributed by atoms with Gasteiger partial charge in [-0.3, -0.25) is 9.98 Å². The zero-order chi connectivity index (χ0) is 16.2. The van der Waals surface area contributed by atoms with Crippen LogP contribution in [-0.4, -0.2) is 22.1 Å². The topological polar surface area (TPSA) is 76.0 Å². The van der Waals surface area contributed by atoms with Gasteiger partial charge in [-0.05, 0) is 42.2 Å². The molecule has 2 aliphatic rings. The first-order valence-corrected chi connectivity index (χ1v) is 7.93. The Hall–Kier alpha value is -2.56. The Labute approximate surface area is 136 Å². The monoisotopic (exact) mass is 307 g/mol. The summed E-state index contributed by atoms with van der Waals surface area (Å²) in [6.45, 7) is 4.19. The molecule has 0 unspecified atom stereocenters. The summed E-state index contributed by atoms with van der Waals surface area (Å²) in [5.41, 5.74) is 13.1. The van der Waals surface area contributed by atoms with Gasteiger partial charge in [0.15, 0.2) is 0 Å². The molecule has 5 heteroatoms. The van der Waals surface area contributed by atoms with Gasteiger partial charge in [0, 0.05) is 42.9 Å². The second-order valence-electron chi connectivity index (χ2n) is 5.94. The van der Waals surface area contributed by atoms with Crippen LogP contribution in [0.5, 0.6) is 0 Å². The van der Waals surface area contributed by atoms with Crippen LogP contribution in [0.25, 0.3) is 5.57 Å². The van der Waals surface area contributed by atoms with Gasteiger partial charge in [-0.15, -0.1) is 0 Å². The molecule has 3 heterocycles. The summed E-state index contributed by atoms with van der Waals surface area (Å²) in [6.07, 6.45) is 11.3. The lowest BCUT2D eigenvalue weighted by atomic mass is 9.98. The zero-order valence-corrected chi connectivity index (χ0v) is 13.6. The van der Waals surface area contributed by atoms with Crippen LogP contribution in [0.4, 0.5) is 5.69 Å². The predicted molar refractivity (Wildman–Crippen MR) is 96.8 cm³/mol. The summed E-state index contributed by atoms with van der Waals surface area (Å²) in [7, 11) is 0. The minimum Gasteiger partial charge on any atom is -0.397 e. The molecule has 23 heavy (non-hydrogen) atoms. The first-order valence-electron chi connectivity index (χ1n) is 7.93. The Morgan fingerprint density at radius 1 is 1.26 bits per heavy atom. The van der Waals surface area contributed by atoms with Crippen molar-refractivity contribution in [2.45, 2.75) is 39.5 Å². The smallest absolute Gasteiger partial charge is 0.0719 e. The van der Waals surface area contributed by atoms with Crippen molar-refractivity contribution in [1.29, 1.82) is 0 Å². The molecule has 0 radical (unpaired) electrons. The number of pyridine rings is 1. The van der Waals surface area contributed by atoms with Crippen LogP contribution in [0, 0.1) is 0 Å². The highest BCUT2D eigenvalue weighted by Gasteiger charge is 2.16. The molecule has 0 fully saturated rings. The van der Waals surface area contributed by atoms with Gasteiger partial charge in [0.1, 0.15) is 0 Å². The molecule has 2 aliphatic heterocycles. The maximum atomic E-state index is 5.81. The minimum atomic E-state index is 0.673. The fourth-order valence-corrected chi connectivity index (χ4v) is 2.75. The van der Waals surface area contributed by atoms with E-state index in [0.717, 1.165) is 54.0 Å². The van der Waals surface area contributed by atoms with E-state index in [0.29, 0.717) is 5.69 Å². The van der Waals surface area contributed by atoms with Crippen molar-refractivity contribution in [3.8, 4) is 0 Å². The Morgan fingerprint density at radius 2 is 2.13 bits per heavy atom. The van der Waals surface area contributed by atoms with Crippen molar-refractivity contribution < 1.29 is 0 Å². The van der Waals surface area contributed by atoms with Gasteiger partial charge in [-0.2, -0.15) is 10.2 Å². The molecule has 0 amide bonds. The number of anilines is 1. The molecule has 0 bridgehead atoms. The van der Waals surface area contributed by atoms with Crippen molar-refractivity contribution >= 4 is 28.4 Å². The number of hydrogen-bond acceptors (Lipinski definition) is 5. The summed E-state index contributed by atoms with van der Waals surface area (Å²) in [4.78, 5) is 8.70. The van der Waals surface area contributed by atoms with E-state index in [9.17, 15) is 0 Å². The number of allylic oxidation sites excluding steroid dienone is 3. The number of nitrogens with two attached hydrogens (primary N) is 1.